The first-order chi connectivity index (χ1) is 9.82. The van der Waals surface area contributed by atoms with E-state index in [1.807, 2.05) is 0 Å². The molecule has 2 bridgehead atoms. The van der Waals surface area contributed by atoms with E-state index >= 15 is 0 Å². The van der Waals surface area contributed by atoms with Gasteiger partial charge in [-0.25, -0.2) is 17.2 Å². The van der Waals surface area contributed by atoms with Crippen molar-refractivity contribution in [2.75, 3.05) is 0 Å². The Labute approximate surface area is 122 Å². The standard InChI is InChI=1S/C15H18F2O3S/c16-13-5-2-6-14(17)12(13)9-15(18)7-10-3-1-4-11(8-15)21(10,19)20/h2,5-6,10-11,18H,1,3-4,7-9H2. The third-order valence-electron chi connectivity index (χ3n) is 4.76. The van der Waals surface area contributed by atoms with Crippen LogP contribution in [-0.4, -0.2) is 29.6 Å². The highest BCUT2D eigenvalue weighted by molar-refractivity contribution is 7.92. The maximum Gasteiger partial charge on any atom is 0.156 e. The number of hydrogen-bond donors (Lipinski definition) is 1. The molecule has 0 saturated carbocycles. The first-order valence-corrected chi connectivity index (χ1v) is 8.81. The summed E-state index contributed by atoms with van der Waals surface area (Å²) in [5, 5.41) is 9.56. The summed E-state index contributed by atoms with van der Waals surface area (Å²) in [6.07, 6.45) is 1.85. The Morgan fingerprint density at radius 1 is 1.14 bits per heavy atom. The summed E-state index contributed by atoms with van der Waals surface area (Å²) in [6.45, 7) is 0. The van der Waals surface area contributed by atoms with Crippen LogP contribution in [0, 0.1) is 11.6 Å². The van der Waals surface area contributed by atoms with Crippen LogP contribution >= 0.6 is 0 Å². The lowest BCUT2D eigenvalue weighted by atomic mass is 9.81. The molecule has 2 fully saturated rings. The number of aliphatic hydroxyl groups is 1. The van der Waals surface area contributed by atoms with Gasteiger partial charge in [-0.3, -0.25) is 0 Å². The Morgan fingerprint density at radius 2 is 1.67 bits per heavy atom. The summed E-state index contributed by atoms with van der Waals surface area (Å²) in [5.74, 6) is -1.39. The average molecular weight is 316 g/mol. The second-order valence-corrected chi connectivity index (χ2v) is 8.78. The molecule has 2 saturated heterocycles. The van der Waals surface area contributed by atoms with E-state index in [9.17, 15) is 22.3 Å². The molecule has 0 radical (unpaired) electrons. The molecule has 1 N–H and O–H groups in total. The van der Waals surface area contributed by atoms with Crippen LogP contribution in [0.3, 0.4) is 0 Å². The Bertz CT molecular complexity index is 617. The van der Waals surface area contributed by atoms with Crippen LogP contribution in [0.25, 0.3) is 0 Å². The van der Waals surface area contributed by atoms with Crippen molar-refractivity contribution >= 4 is 9.84 Å². The van der Waals surface area contributed by atoms with E-state index in [-0.39, 0.29) is 24.8 Å². The van der Waals surface area contributed by atoms with Gasteiger partial charge in [0.25, 0.3) is 0 Å². The van der Waals surface area contributed by atoms with E-state index in [0.29, 0.717) is 12.8 Å². The molecule has 0 aromatic heterocycles. The first kappa shape index (κ1) is 14.9. The maximum atomic E-state index is 13.7. The Hall–Kier alpha value is -1.01. The van der Waals surface area contributed by atoms with E-state index in [2.05, 4.69) is 0 Å². The number of fused-ring (bicyclic) bond motifs is 2. The van der Waals surface area contributed by atoms with Gasteiger partial charge in [0.2, 0.25) is 0 Å². The molecule has 2 aliphatic rings. The van der Waals surface area contributed by atoms with Crippen molar-refractivity contribution < 1.29 is 22.3 Å². The van der Waals surface area contributed by atoms with Crippen molar-refractivity contribution in [3.63, 3.8) is 0 Å². The predicted octanol–water partition coefficient (Wildman–Crippen LogP) is 2.37. The molecule has 0 amide bonds. The second-order valence-electron chi connectivity index (χ2n) is 6.27. The molecular weight excluding hydrogens is 298 g/mol. The lowest BCUT2D eigenvalue weighted by Crippen LogP contribution is -2.52. The summed E-state index contributed by atoms with van der Waals surface area (Å²) in [5.41, 5.74) is -1.50. The summed E-state index contributed by atoms with van der Waals surface area (Å²) in [7, 11) is -3.20. The SMILES string of the molecule is O=S1(=O)C2CCCC1CC(O)(Cc1c(F)cccc1F)C2. The van der Waals surface area contributed by atoms with E-state index < -0.39 is 37.6 Å². The average Bonchev–Trinajstić information content (AvgIpc) is 2.37. The highest BCUT2D eigenvalue weighted by Crippen LogP contribution is 2.43. The minimum atomic E-state index is -3.20. The Balaban J connectivity index is 1.89. The zero-order valence-corrected chi connectivity index (χ0v) is 12.4. The molecule has 3 rings (SSSR count). The third kappa shape index (κ3) is 2.59. The van der Waals surface area contributed by atoms with Gasteiger partial charge in [-0.2, -0.15) is 0 Å². The summed E-state index contributed by atoms with van der Waals surface area (Å²) >= 11 is 0. The second kappa shape index (κ2) is 5.02. The number of benzene rings is 1. The normalized spacial score (nSPS) is 34.6. The Kier molecular flexibility index (Phi) is 3.56. The van der Waals surface area contributed by atoms with Crippen molar-refractivity contribution in [2.24, 2.45) is 0 Å². The van der Waals surface area contributed by atoms with Crippen LogP contribution in [0.4, 0.5) is 8.78 Å². The smallest absolute Gasteiger partial charge is 0.156 e. The molecule has 1 aromatic rings. The molecule has 21 heavy (non-hydrogen) atoms. The number of halogens is 2. The van der Waals surface area contributed by atoms with Crippen molar-refractivity contribution in [2.45, 2.75) is 54.6 Å². The summed E-state index contributed by atoms with van der Waals surface area (Å²) in [4.78, 5) is 0. The van der Waals surface area contributed by atoms with E-state index in [1.54, 1.807) is 0 Å². The lowest BCUT2D eigenvalue weighted by molar-refractivity contribution is 0.00843. The molecule has 2 heterocycles. The van der Waals surface area contributed by atoms with Crippen molar-refractivity contribution in [3.8, 4) is 0 Å². The number of rotatable bonds is 2. The molecule has 2 unspecified atom stereocenters. The lowest BCUT2D eigenvalue weighted by Gasteiger charge is -2.44. The molecular formula is C15H18F2O3S. The van der Waals surface area contributed by atoms with Crippen LogP contribution in [0.15, 0.2) is 18.2 Å². The van der Waals surface area contributed by atoms with Gasteiger partial charge in [0.15, 0.2) is 9.84 Å². The van der Waals surface area contributed by atoms with Crippen LogP contribution in [0.5, 0.6) is 0 Å². The fourth-order valence-corrected chi connectivity index (χ4v) is 6.34. The molecule has 0 aliphatic carbocycles. The fourth-order valence-electron chi connectivity index (χ4n) is 3.72. The molecule has 2 aliphatic heterocycles. The maximum absolute atomic E-state index is 13.7. The zero-order chi connectivity index (χ0) is 15.3. The zero-order valence-electron chi connectivity index (χ0n) is 11.6. The number of sulfone groups is 1. The van der Waals surface area contributed by atoms with Crippen LogP contribution in [0.2, 0.25) is 0 Å². The van der Waals surface area contributed by atoms with Crippen LogP contribution in [-0.2, 0) is 16.3 Å². The van der Waals surface area contributed by atoms with Crippen molar-refractivity contribution in [1.82, 2.24) is 0 Å². The van der Waals surface area contributed by atoms with Gasteiger partial charge >= 0.3 is 0 Å². The largest absolute Gasteiger partial charge is 0.389 e. The van der Waals surface area contributed by atoms with Gasteiger partial charge in [0, 0.05) is 12.0 Å². The van der Waals surface area contributed by atoms with Gasteiger partial charge in [-0.05, 0) is 37.8 Å². The fraction of sp³-hybridized carbons (Fsp3) is 0.600. The number of hydrogen-bond acceptors (Lipinski definition) is 3. The van der Waals surface area contributed by atoms with Crippen LogP contribution in [0.1, 0.15) is 37.7 Å². The highest BCUT2D eigenvalue weighted by Gasteiger charge is 2.50. The molecule has 0 spiro atoms. The molecule has 1 aromatic carbocycles. The summed E-state index contributed by atoms with van der Waals surface area (Å²) < 4.78 is 51.9. The molecule has 2 atom stereocenters. The quantitative estimate of drug-likeness (QED) is 0.911. The van der Waals surface area contributed by atoms with Crippen LogP contribution < -0.4 is 0 Å². The van der Waals surface area contributed by atoms with Gasteiger partial charge in [-0.15, -0.1) is 0 Å². The Morgan fingerprint density at radius 3 is 2.19 bits per heavy atom. The van der Waals surface area contributed by atoms with Crippen molar-refractivity contribution in [3.05, 3.63) is 35.4 Å². The van der Waals surface area contributed by atoms with Gasteiger partial charge < -0.3 is 5.11 Å². The highest BCUT2D eigenvalue weighted by atomic mass is 32.2. The summed E-state index contributed by atoms with van der Waals surface area (Å²) in [6, 6.07) is 3.59. The van der Waals surface area contributed by atoms with E-state index in [0.717, 1.165) is 18.6 Å². The molecule has 116 valence electrons. The topological polar surface area (TPSA) is 54.4 Å². The van der Waals surface area contributed by atoms with E-state index in [4.69, 9.17) is 0 Å². The van der Waals surface area contributed by atoms with Gasteiger partial charge in [0.1, 0.15) is 11.6 Å². The van der Waals surface area contributed by atoms with Crippen molar-refractivity contribution in [1.29, 1.82) is 0 Å². The monoisotopic (exact) mass is 316 g/mol. The first-order valence-electron chi connectivity index (χ1n) is 7.20. The van der Waals surface area contributed by atoms with Gasteiger partial charge in [0.05, 0.1) is 16.1 Å². The van der Waals surface area contributed by atoms with Gasteiger partial charge in [-0.1, -0.05) is 12.5 Å². The molecule has 6 heteroatoms. The van der Waals surface area contributed by atoms with E-state index in [1.165, 1.54) is 6.07 Å². The molecule has 3 nitrogen and oxygen atoms in total. The third-order valence-corrected chi connectivity index (χ3v) is 7.43. The minimum absolute atomic E-state index is 0.0691. The predicted molar refractivity (Wildman–Crippen MR) is 74.6 cm³/mol. The minimum Gasteiger partial charge on any atom is -0.389 e.